The van der Waals surface area contributed by atoms with Gasteiger partial charge in [0.05, 0.1) is 5.69 Å². The Balaban J connectivity index is 2.36. The van der Waals surface area contributed by atoms with Gasteiger partial charge in [0, 0.05) is 18.2 Å². The second-order valence-corrected chi connectivity index (χ2v) is 3.82. The molecule has 2 rings (SSSR count). The average Bonchev–Trinajstić information content (AvgIpc) is 2.66. The molecule has 0 aliphatic rings. The van der Waals surface area contributed by atoms with E-state index in [4.69, 9.17) is 5.73 Å². The van der Waals surface area contributed by atoms with Crippen molar-refractivity contribution in [3.63, 3.8) is 0 Å². The highest BCUT2D eigenvalue weighted by Gasteiger charge is 2.15. The van der Waals surface area contributed by atoms with Crippen LogP contribution in [0.4, 0.5) is 4.39 Å². The van der Waals surface area contributed by atoms with Crippen LogP contribution in [0.25, 0.3) is 0 Å². The third-order valence-corrected chi connectivity index (χ3v) is 2.57. The van der Waals surface area contributed by atoms with E-state index in [1.165, 1.54) is 12.1 Å². The molecule has 1 atom stereocenters. The summed E-state index contributed by atoms with van der Waals surface area (Å²) in [4.78, 5) is 0. The minimum atomic E-state index is -0.247. The number of rotatable bonds is 3. The van der Waals surface area contributed by atoms with Crippen LogP contribution in [-0.4, -0.2) is 16.7 Å². The van der Waals surface area contributed by atoms with Gasteiger partial charge in [0.2, 0.25) is 0 Å². The van der Waals surface area contributed by atoms with Gasteiger partial charge in [-0.1, -0.05) is 12.1 Å². The zero-order valence-corrected chi connectivity index (χ0v) is 9.07. The molecule has 1 aromatic carbocycles. The van der Waals surface area contributed by atoms with Crippen molar-refractivity contribution in [2.75, 3.05) is 6.54 Å². The van der Waals surface area contributed by atoms with Crippen LogP contribution in [0, 0.1) is 12.7 Å². The Kier molecular flexibility index (Phi) is 3.01. The molecule has 0 bridgehead atoms. The van der Waals surface area contributed by atoms with Crippen molar-refractivity contribution in [3.05, 3.63) is 53.1 Å². The highest BCUT2D eigenvalue weighted by Crippen LogP contribution is 2.22. The molecule has 84 valence electrons. The van der Waals surface area contributed by atoms with E-state index in [0.29, 0.717) is 6.54 Å². The molecule has 3 N–H and O–H groups in total. The Morgan fingerprint density at radius 1 is 1.44 bits per heavy atom. The van der Waals surface area contributed by atoms with Gasteiger partial charge in [-0.15, -0.1) is 0 Å². The third kappa shape index (κ3) is 2.12. The van der Waals surface area contributed by atoms with Crippen molar-refractivity contribution in [1.82, 2.24) is 10.2 Å². The van der Waals surface area contributed by atoms with Crippen molar-refractivity contribution in [2.24, 2.45) is 5.73 Å². The van der Waals surface area contributed by atoms with E-state index in [1.54, 1.807) is 6.07 Å². The topological polar surface area (TPSA) is 54.7 Å². The molecule has 1 aromatic heterocycles. The van der Waals surface area contributed by atoms with Gasteiger partial charge in [-0.05, 0) is 30.7 Å². The number of nitrogens with zero attached hydrogens (tertiary/aromatic N) is 1. The molecule has 0 radical (unpaired) electrons. The molecule has 0 amide bonds. The largest absolute Gasteiger partial charge is 0.329 e. The molecule has 0 saturated carbocycles. The van der Waals surface area contributed by atoms with E-state index in [0.717, 1.165) is 17.0 Å². The van der Waals surface area contributed by atoms with Gasteiger partial charge in [-0.3, -0.25) is 5.10 Å². The smallest absolute Gasteiger partial charge is 0.123 e. The van der Waals surface area contributed by atoms with Crippen LogP contribution in [0.2, 0.25) is 0 Å². The average molecular weight is 219 g/mol. The Morgan fingerprint density at radius 3 is 2.81 bits per heavy atom. The fourth-order valence-corrected chi connectivity index (χ4v) is 1.77. The fourth-order valence-electron chi connectivity index (χ4n) is 1.77. The lowest BCUT2D eigenvalue weighted by Crippen LogP contribution is -2.14. The van der Waals surface area contributed by atoms with Crippen LogP contribution >= 0.6 is 0 Å². The lowest BCUT2D eigenvalue weighted by Gasteiger charge is -2.12. The summed E-state index contributed by atoms with van der Waals surface area (Å²) in [5.41, 5.74) is 8.40. The minimum absolute atomic E-state index is 0.0550. The van der Waals surface area contributed by atoms with Crippen molar-refractivity contribution < 1.29 is 4.39 Å². The maximum Gasteiger partial charge on any atom is 0.123 e. The first kappa shape index (κ1) is 10.8. The number of H-pyrrole nitrogens is 1. The van der Waals surface area contributed by atoms with Crippen molar-refractivity contribution in [3.8, 4) is 0 Å². The van der Waals surface area contributed by atoms with Crippen molar-refractivity contribution in [1.29, 1.82) is 0 Å². The standard InChI is InChI=1S/C12H14FN3/c1-8-5-12(16-15-8)11(7-14)9-3-2-4-10(13)6-9/h2-6,11H,7,14H2,1H3,(H,15,16). The van der Waals surface area contributed by atoms with Gasteiger partial charge in [0.25, 0.3) is 0 Å². The molecule has 0 spiro atoms. The van der Waals surface area contributed by atoms with Gasteiger partial charge in [0.1, 0.15) is 5.82 Å². The summed E-state index contributed by atoms with van der Waals surface area (Å²) < 4.78 is 13.1. The zero-order valence-electron chi connectivity index (χ0n) is 9.07. The molecule has 0 aliphatic carbocycles. The first-order valence-corrected chi connectivity index (χ1v) is 5.18. The van der Waals surface area contributed by atoms with Gasteiger partial charge >= 0.3 is 0 Å². The summed E-state index contributed by atoms with van der Waals surface area (Å²) in [5, 5.41) is 7.03. The Hall–Kier alpha value is -1.68. The molecular formula is C12H14FN3. The quantitative estimate of drug-likeness (QED) is 0.829. The molecule has 1 heterocycles. The number of halogens is 1. The van der Waals surface area contributed by atoms with Crippen molar-refractivity contribution in [2.45, 2.75) is 12.8 Å². The minimum Gasteiger partial charge on any atom is -0.329 e. The normalized spacial score (nSPS) is 12.7. The van der Waals surface area contributed by atoms with E-state index in [1.807, 2.05) is 19.1 Å². The number of hydrogen-bond donors (Lipinski definition) is 2. The van der Waals surface area contributed by atoms with Crippen LogP contribution in [0.3, 0.4) is 0 Å². The van der Waals surface area contributed by atoms with Crippen molar-refractivity contribution >= 4 is 0 Å². The number of aryl methyl sites for hydroxylation is 1. The first-order valence-electron chi connectivity index (χ1n) is 5.18. The Bertz CT molecular complexity index is 479. The number of nitrogens with one attached hydrogen (secondary N) is 1. The van der Waals surface area contributed by atoms with Crippen LogP contribution < -0.4 is 5.73 Å². The van der Waals surface area contributed by atoms with E-state index >= 15 is 0 Å². The summed E-state index contributed by atoms with van der Waals surface area (Å²) >= 11 is 0. The Labute approximate surface area is 93.5 Å². The molecule has 0 saturated heterocycles. The number of benzene rings is 1. The molecule has 0 fully saturated rings. The second-order valence-electron chi connectivity index (χ2n) is 3.82. The monoisotopic (exact) mass is 219 g/mol. The number of nitrogens with two attached hydrogens (primary N) is 1. The van der Waals surface area contributed by atoms with E-state index < -0.39 is 0 Å². The lowest BCUT2D eigenvalue weighted by atomic mass is 9.96. The van der Waals surface area contributed by atoms with Gasteiger partial charge < -0.3 is 5.73 Å². The SMILES string of the molecule is Cc1cc(C(CN)c2cccc(F)c2)n[nH]1. The second kappa shape index (κ2) is 4.45. The first-order chi connectivity index (χ1) is 7.70. The van der Waals surface area contributed by atoms with Gasteiger partial charge in [-0.2, -0.15) is 5.10 Å². The summed E-state index contributed by atoms with van der Waals surface area (Å²) in [6.45, 7) is 2.34. The molecule has 3 nitrogen and oxygen atoms in total. The van der Waals surface area contributed by atoms with E-state index in [9.17, 15) is 4.39 Å². The Morgan fingerprint density at radius 2 is 2.25 bits per heavy atom. The molecule has 1 unspecified atom stereocenters. The number of aromatic amines is 1. The predicted octanol–water partition coefficient (Wildman–Crippen LogP) is 1.95. The lowest BCUT2D eigenvalue weighted by molar-refractivity contribution is 0.622. The fraction of sp³-hybridized carbons (Fsp3) is 0.250. The summed E-state index contributed by atoms with van der Waals surface area (Å²) in [7, 11) is 0. The summed E-state index contributed by atoms with van der Waals surface area (Å²) in [6.07, 6.45) is 0. The molecule has 16 heavy (non-hydrogen) atoms. The highest BCUT2D eigenvalue weighted by atomic mass is 19.1. The molecule has 2 aromatic rings. The van der Waals surface area contributed by atoms with E-state index in [2.05, 4.69) is 10.2 Å². The predicted molar refractivity (Wildman–Crippen MR) is 60.6 cm³/mol. The highest BCUT2D eigenvalue weighted by molar-refractivity contribution is 5.29. The van der Waals surface area contributed by atoms with Crippen LogP contribution in [0.15, 0.2) is 30.3 Å². The van der Waals surface area contributed by atoms with E-state index in [-0.39, 0.29) is 11.7 Å². The maximum atomic E-state index is 13.1. The number of aromatic nitrogens is 2. The summed E-state index contributed by atoms with van der Waals surface area (Å²) in [5.74, 6) is -0.302. The number of hydrogen-bond acceptors (Lipinski definition) is 2. The van der Waals surface area contributed by atoms with Crippen LogP contribution in [-0.2, 0) is 0 Å². The van der Waals surface area contributed by atoms with Crippen LogP contribution in [0.5, 0.6) is 0 Å². The molecular weight excluding hydrogens is 205 g/mol. The van der Waals surface area contributed by atoms with Gasteiger partial charge in [-0.25, -0.2) is 4.39 Å². The molecule has 4 heteroatoms. The third-order valence-electron chi connectivity index (χ3n) is 2.57. The molecule has 0 aliphatic heterocycles. The zero-order chi connectivity index (χ0) is 11.5. The van der Waals surface area contributed by atoms with Gasteiger partial charge in [0.15, 0.2) is 0 Å². The summed E-state index contributed by atoms with van der Waals surface area (Å²) in [6, 6.07) is 8.41. The maximum absolute atomic E-state index is 13.1. The van der Waals surface area contributed by atoms with Crippen LogP contribution in [0.1, 0.15) is 22.9 Å².